The number of nitrogens with one attached hydrogen (secondary N) is 1. The lowest BCUT2D eigenvalue weighted by molar-refractivity contribution is -0.0569. The van der Waals surface area contributed by atoms with E-state index in [2.05, 4.69) is 15.2 Å². The standard InChI is InChI=1S/C13H18ClN3O3/c14-13(17-3-5-18-6-4-17)11-12(15-8-16-13)20-10(7-19-11)9-1-2-9/h8-10H,1-7H2,(H,15,16). The average Bonchev–Trinajstić information content (AvgIpc) is 3.33. The highest BCUT2D eigenvalue weighted by Crippen LogP contribution is 2.42. The maximum absolute atomic E-state index is 6.74. The fourth-order valence-electron chi connectivity index (χ4n) is 2.83. The third-order valence-corrected chi connectivity index (χ3v) is 4.67. The zero-order valence-electron chi connectivity index (χ0n) is 11.2. The van der Waals surface area contributed by atoms with Gasteiger partial charge in [0.05, 0.1) is 19.6 Å². The molecule has 0 aromatic heterocycles. The molecule has 1 N–H and O–H groups in total. The van der Waals surface area contributed by atoms with Gasteiger partial charge in [-0.2, -0.15) is 0 Å². The van der Waals surface area contributed by atoms with Crippen molar-refractivity contribution in [1.82, 2.24) is 10.2 Å². The van der Waals surface area contributed by atoms with Crippen molar-refractivity contribution in [3.63, 3.8) is 0 Å². The van der Waals surface area contributed by atoms with Crippen molar-refractivity contribution in [2.75, 3.05) is 32.9 Å². The summed E-state index contributed by atoms with van der Waals surface area (Å²) in [5.74, 6) is 1.82. The number of morpholine rings is 1. The first-order valence-electron chi connectivity index (χ1n) is 7.13. The summed E-state index contributed by atoms with van der Waals surface area (Å²) in [6, 6.07) is 0. The van der Waals surface area contributed by atoms with Crippen LogP contribution in [0.5, 0.6) is 0 Å². The molecule has 0 aromatic rings. The van der Waals surface area contributed by atoms with E-state index in [1.165, 1.54) is 12.8 Å². The minimum atomic E-state index is -1.00. The van der Waals surface area contributed by atoms with Crippen LogP contribution in [0.25, 0.3) is 0 Å². The van der Waals surface area contributed by atoms with Gasteiger partial charge >= 0.3 is 0 Å². The van der Waals surface area contributed by atoms with E-state index < -0.39 is 5.12 Å². The monoisotopic (exact) mass is 299 g/mol. The molecule has 6 nitrogen and oxygen atoms in total. The molecule has 4 rings (SSSR count). The highest BCUT2D eigenvalue weighted by atomic mass is 35.5. The van der Waals surface area contributed by atoms with E-state index in [1.807, 2.05) is 0 Å². The van der Waals surface area contributed by atoms with Gasteiger partial charge < -0.3 is 19.5 Å². The fraction of sp³-hybridized carbons (Fsp3) is 0.769. The molecule has 2 atom stereocenters. The summed E-state index contributed by atoms with van der Waals surface area (Å²) in [6.45, 7) is 3.33. The van der Waals surface area contributed by atoms with E-state index in [-0.39, 0.29) is 6.10 Å². The lowest BCUT2D eigenvalue weighted by Gasteiger charge is -2.43. The first-order chi connectivity index (χ1) is 9.77. The molecule has 7 heteroatoms. The molecule has 3 aliphatic heterocycles. The summed E-state index contributed by atoms with van der Waals surface area (Å²) in [7, 11) is 0. The Kier molecular flexibility index (Phi) is 3.05. The van der Waals surface area contributed by atoms with Crippen molar-refractivity contribution in [2.24, 2.45) is 10.9 Å². The Labute approximate surface area is 122 Å². The highest BCUT2D eigenvalue weighted by Gasteiger charge is 2.48. The molecule has 4 aliphatic rings. The molecule has 0 radical (unpaired) electrons. The van der Waals surface area contributed by atoms with Crippen molar-refractivity contribution in [1.29, 1.82) is 0 Å². The van der Waals surface area contributed by atoms with Gasteiger partial charge in [0, 0.05) is 13.1 Å². The van der Waals surface area contributed by atoms with Gasteiger partial charge in [-0.15, -0.1) is 0 Å². The van der Waals surface area contributed by atoms with E-state index in [9.17, 15) is 0 Å². The van der Waals surface area contributed by atoms with Gasteiger partial charge in [-0.05, 0) is 18.8 Å². The summed E-state index contributed by atoms with van der Waals surface area (Å²) in [5.41, 5.74) is 0. The average molecular weight is 300 g/mol. The van der Waals surface area contributed by atoms with Gasteiger partial charge in [-0.1, -0.05) is 11.6 Å². The number of ether oxygens (including phenoxy) is 3. The van der Waals surface area contributed by atoms with E-state index in [0.29, 0.717) is 37.4 Å². The first kappa shape index (κ1) is 12.7. The molecule has 0 aromatic carbocycles. The van der Waals surface area contributed by atoms with Gasteiger partial charge in [0.2, 0.25) is 11.6 Å². The SMILES string of the molecule is ClC1(N2CCOCC2)N=CNC2=C1OCC(C1CC1)O2. The van der Waals surface area contributed by atoms with Crippen molar-refractivity contribution < 1.29 is 14.2 Å². The lowest BCUT2D eigenvalue weighted by atomic mass is 10.2. The minimum absolute atomic E-state index is 0.137. The summed E-state index contributed by atoms with van der Waals surface area (Å²) in [5, 5.41) is 2.03. The Morgan fingerprint density at radius 3 is 2.90 bits per heavy atom. The van der Waals surface area contributed by atoms with Gasteiger partial charge in [-0.25, -0.2) is 4.99 Å². The number of alkyl halides is 1. The van der Waals surface area contributed by atoms with E-state index in [1.54, 1.807) is 6.34 Å². The smallest absolute Gasteiger partial charge is 0.254 e. The van der Waals surface area contributed by atoms with Crippen LogP contribution in [-0.4, -0.2) is 55.4 Å². The van der Waals surface area contributed by atoms with Crippen LogP contribution >= 0.6 is 11.6 Å². The summed E-state index contributed by atoms with van der Waals surface area (Å²) < 4.78 is 17.3. The largest absolute Gasteiger partial charge is 0.484 e. The third-order valence-electron chi connectivity index (χ3n) is 4.17. The molecular weight excluding hydrogens is 282 g/mol. The van der Waals surface area contributed by atoms with Gasteiger partial charge in [0.1, 0.15) is 12.7 Å². The van der Waals surface area contributed by atoms with Gasteiger partial charge in [0.25, 0.3) is 5.12 Å². The van der Waals surface area contributed by atoms with Crippen LogP contribution in [0, 0.1) is 5.92 Å². The number of rotatable bonds is 2. The predicted molar refractivity (Wildman–Crippen MR) is 73.2 cm³/mol. The Balaban J connectivity index is 1.59. The van der Waals surface area contributed by atoms with Crippen LogP contribution < -0.4 is 5.32 Å². The second-order valence-corrected chi connectivity index (χ2v) is 6.08. The molecule has 0 spiro atoms. The van der Waals surface area contributed by atoms with E-state index in [4.69, 9.17) is 25.8 Å². The molecule has 1 saturated heterocycles. The molecule has 3 heterocycles. The summed E-state index contributed by atoms with van der Waals surface area (Å²) >= 11 is 6.74. The maximum Gasteiger partial charge on any atom is 0.254 e. The second-order valence-electron chi connectivity index (χ2n) is 5.55. The van der Waals surface area contributed by atoms with Crippen LogP contribution in [-0.2, 0) is 14.2 Å². The molecule has 2 unspecified atom stereocenters. The maximum atomic E-state index is 6.74. The van der Waals surface area contributed by atoms with Crippen molar-refractivity contribution in [2.45, 2.75) is 24.1 Å². The van der Waals surface area contributed by atoms with Crippen molar-refractivity contribution in [3.8, 4) is 0 Å². The molecule has 2 fully saturated rings. The van der Waals surface area contributed by atoms with Crippen molar-refractivity contribution in [3.05, 3.63) is 11.6 Å². The molecule has 0 bridgehead atoms. The minimum Gasteiger partial charge on any atom is -0.484 e. The Morgan fingerprint density at radius 1 is 1.35 bits per heavy atom. The zero-order valence-corrected chi connectivity index (χ0v) is 11.9. The number of hydrogen-bond donors (Lipinski definition) is 1. The van der Waals surface area contributed by atoms with E-state index >= 15 is 0 Å². The second kappa shape index (κ2) is 4.79. The lowest BCUT2D eigenvalue weighted by Crippen LogP contribution is -2.54. The molecule has 1 saturated carbocycles. The van der Waals surface area contributed by atoms with Crippen LogP contribution in [0.3, 0.4) is 0 Å². The fourth-order valence-corrected chi connectivity index (χ4v) is 3.18. The van der Waals surface area contributed by atoms with E-state index in [0.717, 1.165) is 13.1 Å². The number of nitrogens with zero attached hydrogens (tertiary/aromatic N) is 2. The van der Waals surface area contributed by atoms with Crippen LogP contribution in [0.4, 0.5) is 0 Å². The van der Waals surface area contributed by atoms with Gasteiger partial charge in [-0.3, -0.25) is 4.90 Å². The van der Waals surface area contributed by atoms with Crippen LogP contribution in [0.1, 0.15) is 12.8 Å². The molecule has 20 heavy (non-hydrogen) atoms. The molecular formula is C13H18ClN3O3. The zero-order chi connectivity index (χ0) is 13.6. The normalized spacial score (nSPS) is 37.8. The van der Waals surface area contributed by atoms with Gasteiger partial charge in [0.15, 0.2) is 0 Å². The Hall–Kier alpha value is -0.980. The van der Waals surface area contributed by atoms with Crippen molar-refractivity contribution >= 4 is 17.9 Å². The Bertz CT molecular complexity index is 460. The van der Waals surface area contributed by atoms with Crippen LogP contribution in [0.15, 0.2) is 16.6 Å². The summed E-state index contributed by atoms with van der Waals surface area (Å²) in [4.78, 5) is 6.45. The predicted octanol–water partition coefficient (Wildman–Crippen LogP) is 0.837. The number of hydrogen-bond acceptors (Lipinski definition) is 6. The first-order valence-corrected chi connectivity index (χ1v) is 7.51. The number of halogens is 1. The Morgan fingerprint density at radius 2 is 2.15 bits per heavy atom. The molecule has 110 valence electrons. The highest BCUT2D eigenvalue weighted by molar-refractivity contribution is 6.25. The quantitative estimate of drug-likeness (QED) is 0.605. The molecule has 1 aliphatic carbocycles. The topological polar surface area (TPSA) is 55.3 Å². The summed E-state index contributed by atoms with van der Waals surface area (Å²) in [6.07, 6.45) is 4.18. The third kappa shape index (κ3) is 2.06. The number of aliphatic imine (C=N–C) groups is 1. The van der Waals surface area contributed by atoms with Crippen LogP contribution in [0.2, 0.25) is 0 Å². The molecule has 0 amide bonds.